The summed E-state index contributed by atoms with van der Waals surface area (Å²) in [6.45, 7) is 2.76. The molecule has 7 rings (SSSR count). The van der Waals surface area contributed by atoms with Gasteiger partial charge in [0.2, 0.25) is 5.95 Å². The lowest BCUT2D eigenvalue weighted by atomic mass is 9.93. The number of methoxy groups -OCH3 is 1. The van der Waals surface area contributed by atoms with Crippen molar-refractivity contribution in [3.05, 3.63) is 105 Å². The minimum Gasteiger partial charge on any atom is -0.480 e. The van der Waals surface area contributed by atoms with Crippen LogP contribution in [0.1, 0.15) is 48.8 Å². The zero-order chi connectivity index (χ0) is 47.6. The molecule has 1 unspecified atom stereocenters. The third-order valence-corrected chi connectivity index (χ3v) is 11.0. The second-order valence-corrected chi connectivity index (χ2v) is 15.9. The van der Waals surface area contributed by atoms with E-state index >= 15 is 0 Å². The molecule has 0 saturated carbocycles. The number of pyridine rings is 1. The van der Waals surface area contributed by atoms with Crippen molar-refractivity contribution in [1.29, 1.82) is 0 Å². The molecular weight excluding hydrogens is 916 g/mol. The Morgan fingerprint density at radius 3 is 2.26 bits per heavy atom. The monoisotopic (exact) mass is 951 g/mol. The number of carboxylic acid groups (broad SMARTS) is 2. The molecule has 3 heterocycles. The van der Waals surface area contributed by atoms with Crippen molar-refractivity contribution in [3.8, 4) is 29.9 Å². The van der Waals surface area contributed by atoms with Crippen LogP contribution in [0, 0.1) is 25.1 Å². The number of terminal acetylenes is 1. The summed E-state index contributed by atoms with van der Waals surface area (Å²) in [5, 5.41) is 21.0. The zero-order valence-corrected chi connectivity index (χ0v) is 36.6. The molecule has 23 heteroatoms. The number of hydrogen-bond donors (Lipinski definition) is 4. The SMILES string of the molecule is C#CC(C)Oc1cc(N2C(=O)C3=C(CCCC3)C2=O)c(F)cc1Cl.COc1nc(C)nc(NC(=O)NS(=O)(=O)c2ccccc2C(=O)O)n1.O=C(O)COc1ccc(Cl)c2cccnc12. The molecule has 2 aromatic heterocycles. The number of sulfonamides is 1. The number of aromatic nitrogens is 4. The van der Waals surface area contributed by atoms with Crippen LogP contribution in [-0.4, -0.2) is 88.2 Å². The fraction of sp³-hybridized carbons (Fsp3) is 0.214. The fourth-order valence-corrected chi connectivity index (χ4v) is 7.63. The number of nitrogens with zero attached hydrogens (tertiary/aromatic N) is 5. The number of carboxylic acids is 2. The van der Waals surface area contributed by atoms with Crippen LogP contribution in [-0.2, 0) is 24.4 Å². The molecule has 1 aliphatic heterocycles. The highest BCUT2D eigenvalue weighted by Gasteiger charge is 2.41. The number of aromatic carboxylic acids is 1. The molecule has 1 atom stereocenters. The second kappa shape index (κ2) is 21.3. The number of anilines is 2. The predicted octanol–water partition coefficient (Wildman–Crippen LogP) is 6.37. The van der Waals surface area contributed by atoms with Gasteiger partial charge in [-0.3, -0.25) is 19.9 Å². The van der Waals surface area contributed by atoms with Crippen molar-refractivity contribution >= 4 is 85.5 Å². The minimum absolute atomic E-state index is 0.0233. The molecule has 3 aromatic carbocycles. The number of aliphatic carboxylic acids is 1. The average Bonchev–Trinajstić information content (AvgIpc) is 3.52. The van der Waals surface area contributed by atoms with E-state index in [0.29, 0.717) is 40.3 Å². The van der Waals surface area contributed by atoms with Gasteiger partial charge in [0, 0.05) is 28.8 Å². The summed E-state index contributed by atoms with van der Waals surface area (Å²) in [5.74, 6) is -1.24. The molecule has 0 fully saturated rings. The van der Waals surface area contributed by atoms with Crippen molar-refractivity contribution < 1.29 is 61.2 Å². The highest BCUT2D eigenvalue weighted by Crippen LogP contribution is 2.40. The number of ether oxygens (including phenoxy) is 3. The number of benzene rings is 3. The largest absolute Gasteiger partial charge is 0.480 e. The van der Waals surface area contributed by atoms with Gasteiger partial charge in [0.1, 0.15) is 33.6 Å². The average molecular weight is 953 g/mol. The van der Waals surface area contributed by atoms with E-state index in [9.17, 15) is 36.8 Å². The van der Waals surface area contributed by atoms with E-state index in [1.807, 2.05) is 0 Å². The van der Waals surface area contributed by atoms with Crippen LogP contribution in [0.2, 0.25) is 10.0 Å². The normalized spacial score (nSPS) is 13.5. The number of halogens is 3. The Hall–Kier alpha value is -7.41. The van der Waals surface area contributed by atoms with E-state index in [1.165, 1.54) is 32.2 Å². The Bertz CT molecular complexity index is 2870. The Labute approximate surface area is 379 Å². The first-order valence-electron chi connectivity index (χ1n) is 18.9. The van der Waals surface area contributed by atoms with Gasteiger partial charge in [-0.25, -0.2) is 36.8 Å². The quantitative estimate of drug-likeness (QED) is 0.0827. The lowest BCUT2D eigenvalue weighted by Crippen LogP contribution is -2.35. The molecule has 65 heavy (non-hydrogen) atoms. The summed E-state index contributed by atoms with van der Waals surface area (Å²) in [4.78, 5) is 74.3. The van der Waals surface area contributed by atoms with Crippen LogP contribution >= 0.6 is 23.2 Å². The van der Waals surface area contributed by atoms with Gasteiger partial charge in [0.15, 0.2) is 12.7 Å². The number of fused-ring (bicyclic) bond motifs is 1. The van der Waals surface area contributed by atoms with Crippen molar-refractivity contribution in [3.63, 3.8) is 0 Å². The summed E-state index contributed by atoms with van der Waals surface area (Å²) >= 11 is 12.0. The molecule has 338 valence electrons. The number of carbonyl (C=O) groups excluding carboxylic acids is 3. The smallest absolute Gasteiger partial charge is 0.341 e. The first-order chi connectivity index (χ1) is 30.8. The number of nitrogens with one attached hydrogen (secondary N) is 2. The van der Waals surface area contributed by atoms with Gasteiger partial charge in [-0.15, -0.1) is 6.42 Å². The maximum Gasteiger partial charge on any atom is 0.341 e. The van der Waals surface area contributed by atoms with E-state index in [2.05, 4.69) is 31.2 Å². The maximum absolute atomic E-state index is 14.4. The molecule has 1 aliphatic carbocycles. The van der Waals surface area contributed by atoms with E-state index < -0.39 is 68.8 Å². The van der Waals surface area contributed by atoms with Crippen molar-refractivity contribution in [2.24, 2.45) is 0 Å². The molecule has 0 saturated heterocycles. The fourth-order valence-electron chi connectivity index (χ4n) is 6.12. The van der Waals surface area contributed by atoms with E-state index in [4.69, 9.17) is 54.0 Å². The summed E-state index contributed by atoms with van der Waals surface area (Å²) in [5.41, 5.74) is 0.903. The van der Waals surface area contributed by atoms with E-state index in [-0.39, 0.29) is 34.2 Å². The molecular formula is C42H36Cl2FN7O12S. The van der Waals surface area contributed by atoms with Crippen molar-refractivity contribution in [2.75, 3.05) is 23.9 Å². The number of imide groups is 1. The van der Waals surface area contributed by atoms with Crippen molar-refractivity contribution in [1.82, 2.24) is 24.7 Å². The number of carbonyl (C=O) groups is 5. The van der Waals surface area contributed by atoms with Crippen LogP contribution < -0.4 is 29.1 Å². The number of urea groups is 1. The molecule has 0 bridgehead atoms. The summed E-state index contributed by atoms with van der Waals surface area (Å²) in [6, 6.07) is 12.7. The standard InChI is InChI=1S/C18H15ClFNO3.C13H13N5O6S.C11H8ClNO3/c1-3-10(2)24-16-9-15(14(20)8-13(16)19)21-17(22)11-6-4-5-7-12(11)18(21)23;1-7-14-11(17-13(15-7)24-2)16-12(21)18-25(22,23)9-6-4-3-5-8(9)10(19)20;12-8-3-4-9(16-6-10(14)15)11-7(8)2-1-5-13-11/h1,8-10H,4-7H2,2H3;3-6H,1-2H3,(H,19,20)(H2,14,15,16,17,18,21);1-5H,6H2,(H,14,15). The maximum atomic E-state index is 14.4. The van der Waals surface area contributed by atoms with Crippen LogP contribution in [0.25, 0.3) is 10.9 Å². The van der Waals surface area contributed by atoms with E-state index in [0.717, 1.165) is 41.3 Å². The van der Waals surface area contributed by atoms with Gasteiger partial charge < -0.3 is 24.4 Å². The minimum atomic E-state index is -4.43. The summed E-state index contributed by atoms with van der Waals surface area (Å²) in [7, 11) is -3.11. The van der Waals surface area contributed by atoms with Gasteiger partial charge in [0.05, 0.1) is 28.4 Å². The van der Waals surface area contributed by atoms with Crippen LogP contribution in [0.5, 0.6) is 17.5 Å². The van der Waals surface area contributed by atoms with Gasteiger partial charge in [0.25, 0.3) is 21.8 Å². The Balaban J connectivity index is 0.000000188. The number of amides is 4. The highest BCUT2D eigenvalue weighted by atomic mass is 35.5. The predicted molar refractivity (Wildman–Crippen MR) is 232 cm³/mol. The molecule has 0 spiro atoms. The second-order valence-electron chi connectivity index (χ2n) is 13.5. The van der Waals surface area contributed by atoms with Crippen LogP contribution in [0.15, 0.2) is 82.9 Å². The Morgan fingerprint density at radius 2 is 1.63 bits per heavy atom. The van der Waals surface area contributed by atoms with Gasteiger partial charge >= 0.3 is 24.0 Å². The molecule has 19 nitrogen and oxygen atoms in total. The molecule has 2 aliphatic rings. The van der Waals surface area contributed by atoms with Crippen molar-refractivity contribution in [2.45, 2.75) is 50.5 Å². The first kappa shape index (κ1) is 48.6. The molecule has 4 amide bonds. The van der Waals surface area contributed by atoms with Crippen LogP contribution in [0.3, 0.4) is 0 Å². The third-order valence-electron chi connectivity index (χ3n) is 8.97. The lowest BCUT2D eigenvalue weighted by molar-refractivity contribution is -0.139. The summed E-state index contributed by atoms with van der Waals surface area (Å²) in [6.07, 6.45) is 9.07. The lowest BCUT2D eigenvalue weighted by Gasteiger charge is -2.19. The van der Waals surface area contributed by atoms with Gasteiger partial charge in [-0.05, 0) is 82.0 Å². The number of rotatable bonds is 11. The number of hydrogen-bond acceptors (Lipinski definition) is 14. The summed E-state index contributed by atoms with van der Waals surface area (Å²) < 4.78 is 55.9. The van der Waals surface area contributed by atoms with Gasteiger partial charge in [-0.2, -0.15) is 15.0 Å². The molecule has 4 N–H and O–H groups in total. The number of aryl methyl sites for hydroxylation is 1. The van der Waals surface area contributed by atoms with Crippen LogP contribution in [0.4, 0.5) is 20.8 Å². The zero-order valence-electron chi connectivity index (χ0n) is 34.3. The van der Waals surface area contributed by atoms with E-state index in [1.54, 1.807) is 42.1 Å². The first-order valence-corrected chi connectivity index (χ1v) is 21.1. The third kappa shape index (κ3) is 12.0. The van der Waals surface area contributed by atoms with Gasteiger partial charge in [-0.1, -0.05) is 41.3 Å². The topological polar surface area (TPSA) is 266 Å². The molecule has 0 radical (unpaired) electrons. The highest BCUT2D eigenvalue weighted by molar-refractivity contribution is 7.90. The Kier molecular flexibility index (Phi) is 15.9. The molecule has 5 aromatic rings. The Morgan fingerprint density at radius 1 is 0.954 bits per heavy atom.